The molecule has 0 aromatic heterocycles. The quantitative estimate of drug-likeness (QED) is 0.790. The Bertz CT molecular complexity index is 443. The molecule has 0 radical (unpaired) electrons. The molecule has 1 aromatic rings. The molecule has 1 aromatic carbocycles. The van der Waals surface area contributed by atoms with Crippen LogP contribution in [0, 0.1) is 0 Å². The number of halogens is 1. The molecule has 4 heteroatoms. The largest absolute Gasteiger partial charge is 0.478 e. The average molecular weight is 312 g/mol. The van der Waals surface area contributed by atoms with E-state index in [1.807, 2.05) is 25.1 Å². The van der Waals surface area contributed by atoms with Gasteiger partial charge in [-0.05, 0) is 31.0 Å². The van der Waals surface area contributed by atoms with E-state index in [4.69, 9.17) is 5.11 Å². The van der Waals surface area contributed by atoms with Crippen molar-refractivity contribution in [2.75, 3.05) is 6.54 Å². The van der Waals surface area contributed by atoms with E-state index in [9.17, 15) is 4.79 Å². The Hall–Kier alpha value is -1.13. The first-order chi connectivity index (χ1) is 8.54. The third-order valence-electron chi connectivity index (χ3n) is 2.78. The van der Waals surface area contributed by atoms with Gasteiger partial charge in [0.15, 0.2) is 0 Å². The van der Waals surface area contributed by atoms with Gasteiger partial charge in [-0.3, -0.25) is 0 Å². The second kappa shape index (κ2) is 7.34. The molecule has 0 bridgehead atoms. The molecule has 0 amide bonds. The van der Waals surface area contributed by atoms with E-state index in [1.165, 1.54) is 5.56 Å². The first-order valence-electron chi connectivity index (χ1n) is 5.95. The Balaban J connectivity index is 2.56. The van der Waals surface area contributed by atoms with E-state index in [-0.39, 0.29) is 6.04 Å². The zero-order valence-electron chi connectivity index (χ0n) is 10.6. The van der Waals surface area contributed by atoms with Crippen LogP contribution in [0.5, 0.6) is 0 Å². The summed E-state index contributed by atoms with van der Waals surface area (Å²) in [6.45, 7) is 4.46. The van der Waals surface area contributed by atoms with Crippen LogP contribution in [0.1, 0.15) is 31.9 Å². The molecule has 2 N–H and O–H groups in total. The molecule has 0 saturated heterocycles. The number of carbonyl (C=O) groups is 1. The average Bonchev–Trinajstić information content (AvgIpc) is 2.34. The molecule has 0 heterocycles. The van der Waals surface area contributed by atoms with E-state index in [0.717, 1.165) is 4.47 Å². The first-order valence-corrected chi connectivity index (χ1v) is 6.75. The minimum absolute atomic E-state index is 0.186. The predicted octanol–water partition coefficient (Wildman–Crippen LogP) is 3.52. The standard InChI is InChI=1S/C14H18BrNO2/c1-3-11(14(17)18)7-8-16-10(2)12-5-4-6-13(15)9-12/h4-7,9-10,16H,3,8H2,1-2H3,(H,17,18)/b11-7-/t10-/m0/s1. The fraction of sp³-hybridized carbons (Fsp3) is 0.357. The Kier molecular flexibility index (Phi) is 6.09. The molecule has 0 aliphatic rings. The van der Waals surface area contributed by atoms with Gasteiger partial charge in [0.2, 0.25) is 0 Å². The molecule has 3 nitrogen and oxygen atoms in total. The molecule has 98 valence electrons. The molecule has 0 spiro atoms. The number of nitrogens with one attached hydrogen (secondary N) is 1. The van der Waals surface area contributed by atoms with Gasteiger partial charge in [-0.1, -0.05) is 41.1 Å². The predicted molar refractivity (Wildman–Crippen MR) is 76.6 cm³/mol. The topological polar surface area (TPSA) is 49.3 Å². The molecule has 1 atom stereocenters. The van der Waals surface area contributed by atoms with Crippen molar-refractivity contribution in [1.82, 2.24) is 5.32 Å². The van der Waals surface area contributed by atoms with Crippen molar-refractivity contribution in [2.45, 2.75) is 26.3 Å². The van der Waals surface area contributed by atoms with Gasteiger partial charge in [0, 0.05) is 22.6 Å². The number of benzene rings is 1. The molecule has 18 heavy (non-hydrogen) atoms. The van der Waals surface area contributed by atoms with Crippen LogP contribution in [-0.2, 0) is 4.79 Å². The van der Waals surface area contributed by atoms with Crippen molar-refractivity contribution in [3.63, 3.8) is 0 Å². The summed E-state index contributed by atoms with van der Waals surface area (Å²) in [5, 5.41) is 12.2. The zero-order chi connectivity index (χ0) is 13.5. The summed E-state index contributed by atoms with van der Waals surface area (Å²) in [7, 11) is 0. The minimum Gasteiger partial charge on any atom is -0.478 e. The van der Waals surface area contributed by atoms with E-state index in [2.05, 4.69) is 34.2 Å². The van der Waals surface area contributed by atoms with Gasteiger partial charge >= 0.3 is 5.97 Å². The van der Waals surface area contributed by atoms with Crippen molar-refractivity contribution in [2.24, 2.45) is 0 Å². The van der Waals surface area contributed by atoms with Crippen molar-refractivity contribution >= 4 is 21.9 Å². The van der Waals surface area contributed by atoms with Crippen molar-refractivity contribution in [1.29, 1.82) is 0 Å². The summed E-state index contributed by atoms with van der Waals surface area (Å²) in [5.41, 5.74) is 1.62. The smallest absolute Gasteiger partial charge is 0.331 e. The second-order valence-electron chi connectivity index (χ2n) is 4.07. The summed E-state index contributed by atoms with van der Waals surface area (Å²) in [5.74, 6) is -0.839. The van der Waals surface area contributed by atoms with Crippen LogP contribution in [0.15, 0.2) is 40.4 Å². The van der Waals surface area contributed by atoms with Crippen molar-refractivity contribution < 1.29 is 9.90 Å². The molecular formula is C14H18BrNO2. The number of hydrogen-bond acceptors (Lipinski definition) is 2. The van der Waals surface area contributed by atoms with Crippen molar-refractivity contribution in [3.05, 3.63) is 46.0 Å². The SMILES string of the molecule is CC/C(=C/CN[C@@H](C)c1cccc(Br)c1)C(=O)O. The van der Waals surface area contributed by atoms with Gasteiger partial charge in [-0.25, -0.2) is 4.79 Å². The Morgan fingerprint density at radius 1 is 1.56 bits per heavy atom. The van der Waals surface area contributed by atoms with E-state index < -0.39 is 5.97 Å². The van der Waals surface area contributed by atoms with Crippen LogP contribution in [0.4, 0.5) is 0 Å². The molecule has 0 saturated carbocycles. The molecule has 0 aliphatic carbocycles. The molecule has 1 rings (SSSR count). The lowest BCUT2D eigenvalue weighted by atomic mass is 10.1. The lowest BCUT2D eigenvalue weighted by Gasteiger charge is -2.13. The second-order valence-corrected chi connectivity index (χ2v) is 4.99. The van der Waals surface area contributed by atoms with Gasteiger partial charge in [-0.15, -0.1) is 0 Å². The van der Waals surface area contributed by atoms with E-state index in [0.29, 0.717) is 18.5 Å². The molecule has 0 fully saturated rings. The van der Waals surface area contributed by atoms with Crippen LogP contribution >= 0.6 is 15.9 Å². The van der Waals surface area contributed by atoms with Crippen LogP contribution in [-0.4, -0.2) is 17.6 Å². The van der Waals surface area contributed by atoms with Crippen LogP contribution in [0.2, 0.25) is 0 Å². The maximum atomic E-state index is 10.8. The number of rotatable bonds is 6. The molecule has 0 aliphatic heterocycles. The summed E-state index contributed by atoms with van der Waals surface area (Å²) in [4.78, 5) is 10.8. The maximum Gasteiger partial charge on any atom is 0.331 e. The normalized spacial score (nSPS) is 13.4. The first kappa shape index (κ1) is 14.9. The van der Waals surface area contributed by atoms with Crippen LogP contribution in [0.25, 0.3) is 0 Å². The highest BCUT2D eigenvalue weighted by atomic mass is 79.9. The number of carboxylic acid groups (broad SMARTS) is 1. The summed E-state index contributed by atoms with van der Waals surface area (Å²) >= 11 is 3.43. The number of carboxylic acids is 1. The molecular weight excluding hydrogens is 294 g/mol. The Labute approximate surface area is 116 Å². The molecule has 0 unspecified atom stereocenters. The number of hydrogen-bond donors (Lipinski definition) is 2. The fourth-order valence-corrected chi connectivity index (χ4v) is 2.05. The Morgan fingerprint density at radius 3 is 2.83 bits per heavy atom. The fourth-order valence-electron chi connectivity index (χ4n) is 1.64. The zero-order valence-corrected chi connectivity index (χ0v) is 12.2. The summed E-state index contributed by atoms with van der Waals surface area (Å²) in [6, 6.07) is 8.26. The highest BCUT2D eigenvalue weighted by Crippen LogP contribution is 2.17. The third kappa shape index (κ3) is 4.63. The van der Waals surface area contributed by atoms with E-state index >= 15 is 0 Å². The lowest BCUT2D eigenvalue weighted by molar-refractivity contribution is -0.132. The third-order valence-corrected chi connectivity index (χ3v) is 3.27. The minimum atomic E-state index is -0.839. The number of aliphatic carboxylic acids is 1. The van der Waals surface area contributed by atoms with Gasteiger partial charge in [0.05, 0.1) is 0 Å². The van der Waals surface area contributed by atoms with Crippen molar-refractivity contribution in [3.8, 4) is 0 Å². The summed E-state index contributed by atoms with van der Waals surface area (Å²) in [6.07, 6.45) is 2.28. The van der Waals surface area contributed by atoms with Gasteiger partial charge in [0.25, 0.3) is 0 Å². The van der Waals surface area contributed by atoms with Crippen LogP contribution in [0.3, 0.4) is 0 Å². The van der Waals surface area contributed by atoms with E-state index in [1.54, 1.807) is 6.08 Å². The summed E-state index contributed by atoms with van der Waals surface area (Å²) < 4.78 is 1.05. The highest BCUT2D eigenvalue weighted by molar-refractivity contribution is 9.10. The van der Waals surface area contributed by atoms with Crippen LogP contribution < -0.4 is 5.32 Å². The monoisotopic (exact) mass is 311 g/mol. The van der Waals surface area contributed by atoms with Gasteiger partial charge in [-0.2, -0.15) is 0 Å². The highest BCUT2D eigenvalue weighted by Gasteiger charge is 2.06. The van der Waals surface area contributed by atoms with Gasteiger partial charge < -0.3 is 10.4 Å². The Morgan fingerprint density at radius 2 is 2.28 bits per heavy atom. The maximum absolute atomic E-state index is 10.8. The lowest BCUT2D eigenvalue weighted by Crippen LogP contribution is -2.19. The van der Waals surface area contributed by atoms with Gasteiger partial charge in [0.1, 0.15) is 0 Å².